The van der Waals surface area contributed by atoms with E-state index in [1.165, 1.54) is 25.3 Å². The Balaban J connectivity index is 1.94. The fourth-order valence-electron chi connectivity index (χ4n) is 3.48. The van der Waals surface area contributed by atoms with E-state index in [0.29, 0.717) is 11.5 Å². The van der Waals surface area contributed by atoms with Gasteiger partial charge in [0.1, 0.15) is 18.0 Å². The highest BCUT2D eigenvalue weighted by Gasteiger charge is 2.28. The first-order chi connectivity index (χ1) is 16.2. The lowest BCUT2D eigenvalue weighted by Crippen LogP contribution is -2.41. The summed E-state index contributed by atoms with van der Waals surface area (Å²) in [6.07, 6.45) is 0. The van der Waals surface area contributed by atoms with Crippen LogP contribution < -0.4 is 19.1 Å². The zero-order chi connectivity index (χ0) is 24.9. The van der Waals surface area contributed by atoms with E-state index in [0.717, 1.165) is 15.4 Å². The zero-order valence-corrected chi connectivity index (χ0v) is 21.0. The Morgan fingerprint density at radius 1 is 1.00 bits per heavy atom. The van der Waals surface area contributed by atoms with Crippen molar-refractivity contribution >= 4 is 33.2 Å². The molecule has 3 aromatic rings. The van der Waals surface area contributed by atoms with Gasteiger partial charge in [-0.1, -0.05) is 47.5 Å². The molecule has 0 unspecified atom stereocenters. The molecule has 0 saturated carbocycles. The monoisotopic (exact) mass is 502 g/mol. The van der Waals surface area contributed by atoms with Crippen molar-refractivity contribution in [1.29, 1.82) is 0 Å². The molecule has 3 aromatic carbocycles. The number of hydrogen-bond acceptors (Lipinski definition) is 5. The van der Waals surface area contributed by atoms with Crippen LogP contribution in [0.5, 0.6) is 11.5 Å². The van der Waals surface area contributed by atoms with Gasteiger partial charge in [0.25, 0.3) is 10.0 Å². The number of sulfonamides is 1. The van der Waals surface area contributed by atoms with Crippen molar-refractivity contribution in [3.63, 3.8) is 0 Å². The van der Waals surface area contributed by atoms with Crippen LogP contribution in [0.1, 0.15) is 24.1 Å². The lowest BCUT2D eigenvalue weighted by atomic mass is 10.1. The summed E-state index contributed by atoms with van der Waals surface area (Å²) in [7, 11) is -1.05. The molecule has 0 spiro atoms. The minimum absolute atomic E-state index is 0.0654. The minimum atomic E-state index is -4.07. The Kier molecular flexibility index (Phi) is 8.06. The van der Waals surface area contributed by atoms with Crippen LogP contribution >= 0.6 is 11.6 Å². The highest BCUT2D eigenvalue weighted by molar-refractivity contribution is 7.92. The summed E-state index contributed by atoms with van der Waals surface area (Å²) in [5, 5.41) is 3.09. The zero-order valence-electron chi connectivity index (χ0n) is 19.4. The van der Waals surface area contributed by atoms with E-state index in [1.807, 2.05) is 25.1 Å². The Morgan fingerprint density at radius 3 is 2.26 bits per heavy atom. The average molecular weight is 503 g/mol. The molecule has 0 aromatic heterocycles. The molecule has 0 aliphatic rings. The van der Waals surface area contributed by atoms with Crippen molar-refractivity contribution < 1.29 is 22.7 Å². The first kappa shape index (κ1) is 25.4. The molecule has 0 radical (unpaired) electrons. The molecule has 1 atom stereocenters. The van der Waals surface area contributed by atoms with Gasteiger partial charge < -0.3 is 14.8 Å². The number of halogens is 1. The highest BCUT2D eigenvalue weighted by Crippen LogP contribution is 2.32. The molecule has 0 aliphatic carbocycles. The standard InChI is InChI=1S/C25H27ClN2O5S/c1-17-9-12-20(13-10-17)34(30,31)28(19-11-14-24(33-4)22(26)15-19)16-25(29)27-18(2)21-7-5-6-8-23(21)32-3/h5-15,18H,16H2,1-4H3,(H,27,29)/t18-/m0/s1. The van der Waals surface area contributed by atoms with E-state index in [1.54, 1.807) is 44.4 Å². The number of hydrogen-bond donors (Lipinski definition) is 1. The fraction of sp³-hybridized carbons (Fsp3) is 0.240. The van der Waals surface area contributed by atoms with Crippen LogP contribution in [0.25, 0.3) is 0 Å². The van der Waals surface area contributed by atoms with Gasteiger partial charge in [0.15, 0.2) is 0 Å². The normalized spacial score (nSPS) is 12.0. The maximum atomic E-state index is 13.6. The summed E-state index contributed by atoms with van der Waals surface area (Å²) in [5.41, 5.74) is 1.94. The minimum Gasteiger partial charge on any atom is -0.496 e. The van der Waals surface area contributed by atoms with E-state index in [4.69, 9.17) is 21.1 Å². The summed E-state index contributed by atoms with van der Waals surface area (Å²) in [6.45, 7) is 3.22. The molecule has 1 N–H and O–H groups in total. The molecular weight excluding hydrogens is 476 g/mol. The summed E-state index contributed by atoms with van der Waals surface area (Å²) >= 11 is 6.26. The smallest absolute Gasteiger partial charge is 0.264 e. The molecular formula is C25H27ClN2O5S. The number of benzene rings is 3. The number of para-hydroxylation sites is 1. The van der Waals surface area contributed by atoms with Gasteiger partial charge in [0.2, 0.25) is 5.91 Å². The number of rotatable bonds is 9. The summed E-state index contributed by atoms with van der Waals surface area (Å²) in [5.74, 6) is 0.537. The number of methoxy groups -OCH3 is 2. The predicted octanol–water partition coefficient (Wildman–Crippen LogP) is 4.74. The molecule has 7 nitrogen and oxygen atoms in total. The van der Waals surface area contributed by atoms with Crippen molar-refractivity contribution in [2.75, 3.05) is 25.1 Å². The van der Waals surface area contributed by atoms with E-state index >= 15 is 0 Å². The van der Waals surface area contributed by atoms with Crippen molar-refractivity contribution in [3.05, 3.63) is 82.9 Å². The van der Waals surface area contributed by atoms with Crippen LogP contribution in [0.3, 0.4) is 0 Å². The highest BCUT2D eigenvalue weighted by atomic mass is 35.5. The number of amides is 1. The van der Waals surface area contributed by atoms with Gasteiger partial charge >= 0.3 is 0 Å². The van der Waals surface area contributed by atoms with Crippen LogP contribution in [0.2, 0.25) is 5.02 Å². The largest absolute Gasteiger partial charge is 0.496 e. The number of carbonyl (C=O) groups is 1. The van der Waals surface area contributed by atoms with Gasteiger partial charge in [-0.05, 0) is 50.2 Å². The van der Waals surface area contributed by atoms with Crippen molar-refractivity contribution in [1.82, 2.24) is 5.32 Å². The summed E-state index contributed by atoms with van der Waals surface area (Å²) in [4.78, 5) is 13.1. The van der Waals surface area contributed by atoms with Gasteiger partial charge in [-0.15, -0.1) is 0 Å². The van der Waals surface area contributed by atoms with E-state index in [-0.39, 0.29) is 15.6 Å². The third kappa shape index (κ3) is 5.63. The molecule has 0 saturated heterocycles. The number of nitrogens with one attached hydrogen (secondary N) is 1. The molecule has 3 rings (SSSR count). The number of aryl methyl sites for hydroxylation is 1. The Labute approximate surface area is 205 Å². The van der Waals surface area contributed by atoms with Crippen LogP contribution in [0.15, 0.2) is 71.6 Å². The van der Waals surface area contributed by atoms with Gasteiger partial charge in [0, 0.05) is 5.56 Å². The SMILES string of the molecule is COc1ccc(N(CC(=O)N[C@@H](C)c2ccccc2OC)S(=O)(=O)c2ccc(C)cc2)cc1Cl. The van der Waals surface area contributed by atoms with Crippen molar-refractivity contribution in [2.45, 2.75) is 24.8 Å². The van der Waals surface area contributed by atoms with Crippen LogP contribution in [-0.2, 0) is 14.8 Å². The van der Waals surface area contributed by atoms with Crippen molar-refractivity contribution in [2.24, 2.45) is 0 Å². The lowest BCUT2D eigenvalue weighted by Gasteiger charge is -2.26. The lowest BCUT2D eigenvalue weighted by molar-refractivity contribution is -0.120. The second-order valence-electron chi connectivity index (χ2n) is 7.67. The van der Waals surface area contributed by atoms with Gasteiger partial charge in [-0.2, -0.15) is 0 Å². The molecule has 0 bridgehead atoms. The summed E-state index contributed by atoms with van der Waals surface area (Å²) in [6, 6.07) is 17.9. The first-order valence-electron chi connectivity index (χ1n) is 10.5. The van der Waals surface area contributed by atoms with Gasteiger partial charge in [0.05, 0.1) is 35.9 Å². The number of anilines is 1. The first-order valence-corrected chi connectivity index (χ1v) is 12.3. The third-order valence-electron chi connectivity index (χ3n) is 5.30. The summed E-state index contributed by atoms with van der Waals surface area (Å²) < 4.78 is 38.7. The van der Waals surface area contributed by atoms with E-state index in [2.05, 4.69) is 5.32 Å². The maximum absolute atomic E-state index is 13.6. The molecule has 0 fully saturated rings. The molecule has 0 heterocycles. The van der Waals surface area contributed by atoms with Crippen LogP contribution in [-0.4, -0.2) is 35.1 Å². The Morgan fingerprint density at radius 2 is 1.65 bits per heavy atom. The molecule has 34 heavy (non-hydrogen) atoms. The van der Waals surface area contributed by atoms with Crippen molar-refractivity contribution in [3.8, 4) is 11.5 Å². The van der Waals surface area contributed by atoms with E-state index in [9.17, 15) is 13.2 Å². The average Bonchev–Trinajstić information content (AvgIpc) is 2.82. The van der Waals surface area contributed by atoms with Gasteiger partial charge in [-0.3, -0.25) is 9.10 Å². The van der Waals surface area contributed by atoms with Crippen LogP contribution in [0.4, 0.5) is 5.69 Å². The Hall–Kier alpha value is -3.23. The molecule has 180 valence electrons. The maximum Gasteiger partial charge on any atom is 0.264 e. The molecule has 9 heteroatoms. The van der Waals surface area contributed by atoms with Crippen LogP contribution in [0, 0.1) is 6.92 Å². The topological polar surface area (TPSA) is 84.9 Å². The van der Waals surface area contributed by atoms with Gasteiger partial charge in [-0.25, -0.2) is 8.42 Å². The number of ether oxygens (including phenoxy) is 2. The number of carbonyl (C=O) groups excluding carboxylic acids is 1. The molecule has 0 aliphatic heterocycles. The quantitative estimate of drug-likeness (QED) is 0.457. The number of nitrogens with zero attached hydrogens (tertiary/aromatic N) is 1. The van der Waals surface area contributed by atoms with E-state index < -0.39 is 28.5 Å². The fourth-order valence-corrected chi connectivity index (χ4v) is 5.15. The Bertz CT molecular complexity index is 1260. The second kappa shape index (κ2) is 10.8. The second-order valence-corrected chi connectivity index (χ2v) is 9.94. The predicted molar refractivity (Wildman–Crippen MR) is 133 cm³/mol. The molecule has 1 amide bonds. The third-order valence-corrected chi connectivity index (χ3v) is 7.39.